The van der Waals surface area contributed by atoms with Gasteiger partial charge in [-0.2, -0.15) is 0 Å². The van der Waals surface area contributed by atoms with E-state index in [1.807, 2.05) is 26.1 Å². The lowest BCUT2D eigenvalue weighted by Gasteiger charge is -2.37. The Kier molecular flexibility index (Phi) is 3.50. The number of hydrogen-bond acceptors (Lipinski definition) is 3. The van der Waals surface area contributed by atoms with Gasteiger partial charge in [0.15, 0.2) is 0 Å². The van der Waals surface area contributed by atoms with Gasteiger partial charge in [-0.15, -0.1) is 0 Å². The lowest BCUT2D eigenvalue weighted by Crippen LogP contribution is -2.45. The maximum Gasteiger partial charge on any atom is 0.321 e. The molecule has 4 heteroatoms. The highest BCUT2D eigenvalue weighted by atomic mass is 16.4. The first-order valence-electron chi connectivity index (χ1n) is 7.52. The van der Waals surface area contributed by atoms with Gasteiger partial charge >= 0.3 is 5.97 Å². The number of hydrogen-bond donors (Lipinski definition) is 1. The largest absolute Gasteiger partial charge is 0.480 e. The van der Waals surface area contributed by atoms with E-state index in [1.54, 1.807) is 0 Å². The Balaban J connectivity index is 1.98. The van der Waals surface area contributed by atoms with Crippen molar-refractivity contribution in [1.82, 2.24) is 9.88 Å². The van der Waals surface area contributed by atoms with E-state index in [1.165, 1.54) is 5.56 Å². The van der Waals surface area contributed by atoms with Crippen molar-refractivity contribution >= 4 is 5.97 Å². The highest BCUT2D eigenvalue weighted by Gasteiger charge is 2.44. The summed E-state index contributed by atoms with van der Waals surface area (Å²) in [6, 6.07) is 3.96. The number of rotatable bonds is 3. The monoisotopic (exact) mass is 274 g/mol. The van der Waals surface area contributed by atoms with Gasteiger partial charge in [0.1, 0.15) is 6.04 Å². The molecule has 108 valence electrons. The van der Waals surface area contributed by atoms with Crippen LogP contribution in [-0.2, 0) is 11.2 Å². The molecule has 0 radical (unpaired) electrons. The number of carboxylic acid groups (broad SMARTS) is 1. The van der Waals surface area contributed by atoms with E-state index < -0.39 is 12.0 Å². The van der Waals surface area contributed by atoms with Crippen molar-refractivity contribution < 1.29 is 9.90 Å². The molecule has 0 aromatic carbocycles. The number of pyridine rings is 1. The van der Waals surface area contributed by atoms with Crippen LogP contribution in [0.2, 0.25) is 0 Å². The Morgan fingerprint density at radius 2 is 2.25 bits per heavy atom. The van der Waals surface area contributed by atoms with Gasteiger partial charge in [-0.1, -0.05) is 19.9 Å². The molecule has 4 nitrogen and oxygen atoms in total. The summed E-state index contributed by atoms with van der Waals surface area (Å²) in [7, 11) is 0. The van der Waals surface area contributed by atoms with Crippen molar-refractivity contribution in [1.29, 1.82) is 0 Å². The number of nitrogens with zero attached hydrogens (tertiary/aromatic N) is 2. The van der Waals surface area contributed by atoms with Crippen molar-refractivity contribution in [3.8, 4) is 0 Å². The molecule has 1 aliphatic carbocycles. The summed E-state index contributed by atoms with van der Waals surface area (Å²) in [6.07, 6.45) is 5.12. The van der Waals surface area contributed by atoms with E-state index in [0.29, 0.717) is 5.92 Å². The topological polar surface area (TPSA) is 53.4 Å². The summed E-state index contributed by atoms with van der Waals surface area (Å²) in [4.78, 5) is 18.4. The fraction of sp³-hybridized carbons (Fsp3) is 0.625. The molecule has 1 aromatic rings. The van der Waals surface area contributed by atoms with Crippen LogP contribution in [0.15, 0.2) is 18.3 Å². The Labute approximate surface area is 119 Å². The molecule has 0 amide bonds. The molecule has 1 N–H and O–H groups in total. The molecule has 0 bridgehead atoms. The SMILES string of the molecule is CC(C)[C@@H](C(=O)O)N1CC[C@H]2CCc3ncccc3[C@H]21. The van der Waals surface area contributed by atoms with Gasteiger partial charge in [-0.25, -0.2) is 0 Å². The van der Waals surface area contributed by atoms with Crippen LogP contribution in [0, 0.1) is 11.8 Å². The van der Waals surface area contributed by atoms with Gasteiger partial charge in [0.25, 0.3) is 0 Å². The Morgan fingerprint density at radius 1 is 1.45 bits per heavy atom. The van der Waals surface area contributed by atoms with E-state index in [9.17, 15) is 9.90 Å². The number of fused-ring (bicyclic) bond motifs is 3. The van der Waals surface area contributed by atoms with Crippen LogP contribution in [-0.4, -0.2) is 33.5 Å². The summed E-state index contributed by atoms with van der Waals surface area (Å²) in [6.45, 7) is 4.89. The van der Waals surface area contributed by atoms with Crippen molar-refractivity contribution in [2.24, 2.45) is 11.8 Å². The van der Waals surface area contributed by atoms with Crippen LogP contribution in [0.25, 0.3) is 0 Å². The van der Waals surface area contributed by atoms with Crippen LogP contribution in [0.4, 0.5) is 0 Å². The third-order valence-electron chi connectivity index (χ3n) is 4.80. The van der Waals surface area contributed by atoms with Crippen molar-refractivity contribution in [3.05, 3.63) is 29.6 Å². The molecule has 1 aromatic heterocycles. The van der Waals surface area contributed by atoms with E-state index in [2.05, 4.69) is 16.0 Å². The highest BCUT2D eigenvalue weighted by molar-refractivity contribution is 5.74. The third-order valence-corrected chi connectivity index (χ3v) is 4.80. The molecular formula is C16H22N2O2. The zero-order valence-electron chi connectivity index (χ0n) is 12.1. The standard InChI is InChI=1S/C16H22N2O2/c1-10(2)14(16(19)20)18-9-7-11-5-6-13-12(15(11)18)4-3-8-17-13/h3-4,8,10-11,14-15H,5-7,9H2,1-2H3,(H,19,20)/t11-,14+,15+/m1/s1. The second-order valence-corrected chi connectivity index (χ2v) is 6.34. The van der Waals surface area contributed by atoms with Gasteiger partial charge in [-0.3, -0.25) is 14.7 Å². The highest BCUT2D eigenvalue weighted by Crippen LogP contribution is 2.45. The zero-order chi connectivity index (χ0) is 14.3. The normalized spacial score (nSPS) is 27.1. The van der Waals surface area contributed by atoms with Gasteiger partial charge < -0.3 is 5.11 Å². The van der Waals surface area contributed by atoms with E-state index in [-0.39, 0.29) is 12.0 Å². The first kappa shape index (κ1) is 13.6. The minimum atomic E-state index is -0.698. The first-order chi connectivity index (χ1) is 9.59. The molecule has 3 atom stereocenters. The third kappa shape index (κ3) is 2.12. The molecule has 1 saturated heterocycles. The maximum atomic E-state index is 11.7. The first-order valence-corrected chi connectivity index (χ1v) is 7.52. The van der Waals surface area contributed by atoms with Crippen molar-refractivity contribution in [3.63, 3.8) is 0 Å². The lowest BCUT2D eigenvalue weighted by molar-refractivity contribution is -0.145. The molecular weight excluding hydrogens is 252 g/mol. The molecule has 1 fully saturated rings. The average molecular weight is 274 g/mol. The number of carbonyl (C=O) groups is 1. The number of carboxylic acids is 1. The van der Waals surface area contributed by atoms with Gasteiger partial charge in [-0.05, 0) is 49.3 Å². The smallest absolute Gasteiger partial charge is 0.321 e. The molecule has 0 spiro atoms. The molecule has 2 aliphatic rings. The number of aryl methyl sites for hydroxylation is 1. The predicted molar refractivity (Wildman–Crippen MR) is 76.4 cm³/mol. The van der Waals surface area contributed by atoms with Crippen molar-refractivity contribution in [2.75, 3.05) is 6.54 Å². The number of likely N-dealkylation sites (tertiary alicyclic amines) is 1. The predicted octanol–water partition coefficient (Wildman–Crippen LogP) is 2.50. The summed E-state index contributed by atoms with van der Waals surface area (Å²) in [5.74, 6) is 0.0114. The van der Waals surface area contributed by atoms with Gasteiger partial charge in [0, 0.05) is 17.9 Å². The van der Waals surface area contributed by atoms with E-state index >= 15 is 0 Å². The molecule has 0 unspecified atom stereocenters. The number of aliphatic carboxylic acids is 1. The zero-order valence-corrected chi connectivity index (χ0v) is 12.1. The Hall–Kier alpha value is -1.42. The van der Waals surface area contributed by atoms with Crippen molar-refractivity contribution in [2.45, 2.75) is 45.2 Å². The Bertz CT molecular complexity index is 515. The quantitative estimate of drug-likeness (QED) is 0.920. The van der Waals surface area contributed by atoms with Crippen LogP contribution >= 0.6 is 0 Å². The summed E-state index contributed by atoms with van der Waals surface area (Å²) >= 11 is 0. The fourth-order valence-electron chi connectivity index (χ4n) is 3.99. The maximum absolute atomic E-state index is 11.7. The Morgan fingerprint density at radius 3 is 2.95 bits per heavy atom. The van der Waals surface area contributed by atoms with Crippen LogP contribution in [0.1, 0.15) is 44.0 Å². The summed E-state index contributed by atoms with van der Waals surface area (Å²) < 4.78 is 0. The molecule has 20 heavy (non-hydrogen) atoms. The molecule has 3 rings (SSSR count). The lowest BCUT2D eigenvalue weighted by atomic mass is 9.82. The van der Waals surface area contributed by atoms with Crippen LogP contribution in [0.3, 0.4) is 0 Å². The number of aromatic nitrogens is 1. The summed E-state index contributed by atoms with van der Waals surface area (Å²) in [5, 5.41) is 9.59. The second kappa shape index (κ2) is 5.17. The molecule has 2 heterocycles. The van der Waals surface area contributed by atoms with Gasteiger partial charge in [0.2, 0.25) is 0 Å². The van der Waals surface area contributed by atoms with Crippen LogP contribution < -0.4 is 0 Å². The molecule has 0 saturated carbocycles. The van der Waals surface area contributed by atoms with E-state index in [4.69, 9.17) is 0 Å². The van der Waals surface area contributed by atoms with Crippen LogP contribution in [0.5, 0.6) is 0 Å². The average Bonchev–Trinajstić information content (AvgIpc) is 2.82. The van der Waals surface area contributed by atoms with E-state index in [0.717, 1.165) is 31.5 Å². The summed E-state index contributed by atoms with van der Waals surface area (Å²) in [5.41, 5.74) is 2.42. The fourth-order valence-corrected chi connectivity index (χ4v) is 3.99. The minimum Gasteiger partial charge on any atom is -0.480 e. The minimum absolute atomic E-state index is 0.119. The molecule has 1 aliphatic heterocycles. The van der Waals surface area contributed by atoms with Gasteiger partial charge in [0.05, 0.1) is 0 Å². The second-order valence-electron chi connectivity index (χ2n) is 6.34.